The van der Waals surface area contributed by atoms with E-state index in [-0.39, 0.29) is 54.4 Å². The number of benzene rings is 2. The molecule has 0 aromatic heterocycles. The van der Waals surface area contributed by atoms with Crippen LogP contribution in [0.25, 0.3) is 0 Å². The predicted molar refractivity (Wildman–Crippen MR) is 284 cm³/mol. The maximum atomic E-state index is 14.7. The highest BCUT2D eigenvalue weighted by Gasteiger charge is 2.44. The quantitative estimate of drug-likeness (QED) is 0.0692. The van der Waals surface area contributed by atoms with Gasteiger partial charge in [-0.2, -0.15) is 0 Å². The van der Waals surface area contributed by atoms with Crippen molar-refractivity contribution in [2.24, 2.45) is 35.3 Å². The van der Waals surface area contributed by atoms with Crippen LogP contribution in [0.1, 0.15) is 119 Å². The number of carbonyl (C=O) groups is 7. The van der Waals surface area contributed by atoms with Gasteiger partial charge in [0.25, 0.3) is 0 Å². The predicted octanol–water partition coefficient (Wildman–Crippen LogP) is 5.01. The number of aliphatic hydroxyl groups is 1. The minimum atomic E-state index is -1.02. The maximum Gasteiger partial charge on any atom is 0.410 e. The van der Waals surface area contributed by atoms with E-state index in [2.05, 4.69) is 21.3 Å². The van der Waals surface area contributed by atoms with Crippen molar-refractivity contribution in [2.45, 2.75) is 169 Å². The molecule has 74 heavy (non-hydrogen) atoms. The Morgan fingerprint density at radius 2 is 1.38 bits per heavy atom. The molecule has 19 nitrogen and oxygen atoms in total. The summed E-state index contributed by atoms with van der Waals surface area (Å²) in [4.78, 5) is 100.0. The highest BCUT2D eigenvalue weighted by atomic mass is 16.6. The number of likely N-dealkylation sites (tertiary alicyclic amines) is 1. The number of nitrogens with zero attached hydrogens (tertiary/aromatic N) is 3. The topological polar surface area (TPSA) is 251 Å². The number of anilines is 1. The van der Waals surface area contributed by atoms with Crippen molar-refractivity contribution in [1.29, 1.82) is 0 Å². The van der Waals surface area contributed by atoms with E-state index in [4.69, 9.17) is 19.9 Å². The van der Waals surface area contributed by atoms with Gasteiger partial charge < -0.3 is 56.1 Å². The number of methoxy groups -OCH3 is 2. The first-order valence-corrected chi connectivity index (χ1v) is 26.1. The Hall–Kier alpha value is -5.63. The number of hydrogen-bond donors (Lipinski definition) is 6. The van der Waals surface area contributed by atoms with E-state index in [1.165, 1.54) is 26.2 Å². The van der Waals surface area contributed by atoms with Gasteiger partial charge in [-0.3, -0.25) is 33.7 Å². The van der Waals surface area contributed by atoms with E-state index in [0.717, 1.165) is 0 Å². The highest BCUT2D eigenvalue weighted by Crippen LogP contribution is 2.30. The molecule has 1 heterocycles. The van der Waals surface area contributed by atoms with Gasteiger partial charge in [-0.25, -0.2) is 4.79 Å². The van der Waals surface area contributed by atoms with Crippen LogP contribution in [-0.2, 0) is 49.6 Å². The van der Waals surface area contributed by atoms with Gasteiger partial charge in [0.1, 0.15) is 24.7 Å². The summed E-state index contributed by atoms with van der Waals surface area (Å²) in [5.41, 5.74) is 7.65. The molecule has 3 rings (SSSR count). The van der Waals surface area contributed by atoms with Crippen LogP contribution in [0.3, 0.4) is 0 Å². The Bertz CT molecular complexity index is 2140. The molecule has 0 aliphatic carbocycles. The average molecular weight is 1040 g/mol. The zero-order chi connectivity index (χ0) is 55.7. The fourth-order valence-corrected chi connectivity index (χ4v) is 9.55. The van der Waals surface area contributed by atoms with Crippen molar-refractivity contribution in [2.75, 3.05) is 40.2 Å². The van der Waals surface area contributed by atoms with Crippen molar-refractivity contribution in [3.8, 4) is 0 Å². The highest BCUT2D eigenvalue weighted by molar-refractivity contribution is 5.97. The Balaban J connectivity index is 1.69. The molecule has 0 radical (unpaired) electrons. The number of ether oxygens (including phenoxy) is 3. The first kappa shape index (κ1) is 62.7. The van der Waals surface area contributed by atoms with Crippen LogP contribution in [0.2, 0.25) is 0 Å². The summed E-state index contributed by atoms with van der Waals surface area (Å²) in [6.45, 7) is 20.2. The number of carbonyl (C=O) groups excluding carboxylic acids is 7. The molecule has 1 unspecified atom stereocenters. The lowest BCUT2D eigenvalue weighted by molar-refractivity contribution is -0.148. The number of hydrogen-bond acceptors (Lipinski definition) is 12. The third-order valence-electron chi connectivity index (χ3n) is 14.4. The summed E-state index contributed by atoms with van der Waals surface area (Å²) in [7, 11) is 6.16. The van der Waals surface area contributed by atoms with Gasteiger partial charge >= 0.3 is 6.09 Å². The van der Waals surface area contributed by atoms with Crippen molar-refractivity contribution >= 4 is 47.2 Å². The second kappa shape index (κ2) is 29.5. The molecule has 414 valence electrons. The maximum absolute atomic E-state index is 14.7. The molecule has 0 saturated carbocycles. The van der Waals surface area contributed by atoms with Gasteiger partial charge in [-0.15, -0.1) is 0 Å². The van der Waals surface area contributed by atoms with Crippen molar-refractivity contribution in [3.05, 3.63) is 65.7 Å². The Kier molecular flexibility index (Phi) is 24.9. The molecule has 0 bridgehead atoms. The van der Waals surface area contributed by atoms with E-state index in [9.17, 15) is 38.7 Å². The molecule has 2 aromatic carbocycles. The van der Waals surface area contributed by atoms with Gasteiger partial charge in [-0.05, 0) is 73.6 Å². The Morgan fingerprint density at radius 3 is 1.92 bits per heavy atom. The lowest BCUT2D eigenvalue weighted by Gasteiger charge is -2.41. The first-order valence-electron chi connectivity index (χ1n) is 26.1. The molecule has 7 amide bonds. The summed E-state index contributed by atoms with van der Waals surface area (Å²) in [6, 6.07) is 10.5. The zero-order valence-electron chi connectivity index (χ0n) is 46.5. The minimum absolute atomic E-state index is 0.0620. The van der Waals surface area contributed by atoms with Gasteiger partial charge in [0.15, 0.2) is 0 Å². The van der Waals surface area contributed by atoms with E-state index >= 15 is 0 Å². The summed E-state index contributed by atoms with van der Waals surface area (Å²) in [5.74, 6) is -3.98. The molecule has 1 fully saturated rings. The van der Waals surface area contributed by atoms with Crippen molar-refractivity contribution in [1.82, 2.24) is 30.7 Å². The molecule has 12 atom stereocenters. The molecule has 0 spiro atoms. The fraction of sp³-hybridized carbons (Fsp3) is 0.655. The van der Waals surface area contributed by atoms with Gasteiger partial charge in [0.05, 0.1) is 54.8 Å². The van der Waals surface area contributed by atoms with Crippen LogP contribution in [0.5, 0.6) is 0 Å². The Morgan fingerprint density at radius 1 is 0.757 bits per heavy atom. The first-order chi connectivity index (χ1) is 34.8. The molecule has 7 N–H and O–H groups in total. The normalized spacial score (nSPS) is 18.2. The molecular weight excluding hydrogens is 949 g/mol. The summed E-state index contributed by atoms with van der Waals surface area (Å²) < 4.78 is 17.6. The van der Waals surface area contributed by atoms with Gasteiger partial charge in [0.2, 0.25) is 35.4 Å². The SMILES string of the molecule is CC[C@H](C)[C@@H]([C@@H](CC(=O)N1CCCC1[C@H](OC)[C@@H](C)C(=O)N[C@H](C)[C@@H](O)c1ccccc1)OC)N(C)C(=O)[C@@H](NC(=O)[C@H](C(C)C)N(C)C(=O)OCc1ccc(NC(=O)[C@H](C)NC(=O)[C@@H](N)C(C)C)cc1)C(C)C. The number of rotatable bonds is 27. The number of likely N-dealkylation sites (N-methyl/N-ethyl adjacent to an activating group) is 2. The second-order valence-corrected chi connectivity index (χ2v) is 21.0. The number of aliphatic hydroxyl groups excluding tert-OH is 1. The van der Waals surface area contributed by atoms with Crippen molar-refractivity contribution in [3.63, 3.8) is 0 Å². The fourth-order valence-electron chi connectivity index (χ4n) is 9.55. The smallest absolute Gasteiger partial charge is 0.410 e. The number of nitrogens with two attached hydrogens (primary N) is 1. The van der Waals surface area contributed by atoms with Crippen LogP contribution in [0, 0.1) is 29.6 Å². The molecular formula is C55H88N8O11. The van der Waals surface area contributed by atoms with E-state index in [0.29, 0.717) is 42.6 Å². The van der Waals surface area contributed by atoms with Crippen LogP contribution in [0.4, 0.5) is 10.5 Å². The van der Waals surface area contributed by atoms with Crippen LogP contribution in [0.15, 0.2) is 54.6 Å². The molecule has 1 saturated heterocycles. The van der Waals surface area contributed by atoms with Crippen molar-refractivity contribution < 1.29 is 52.9 Å². The monoisotopic (exact) mass is 1040 g/mol. The Labute approximate surface area is 439 Å². The zero-order valence-corrected chi connectivity index (χ0v) is 46.5. The largest absolute Gasteiger partial charge is 0.445 e. The van der Waals surface area contributed by atoms with Gasteiger partial charge in [-0.1, -0.05) is 111 Å². The third kappa shape index (κ3) is 16.9. The summed E-state index contributed by atoms with van der Waals surface area (Å²) >= 11 is 0. The lowest BCUT2D eigenvalue weighted by atomic mass is 9.89. The number of amides is 7. The molecule has 2 aromatic rings. The second-order valence-electron chi connectivity index (χ2n) is 21.0. The molecule has 1 aliphatic rings. The van der Waals surface area contributed by atoms with E-state index < -0.39 is 90.3 Å². The summed E-state index contributed by atoms with van der Waals surface area (Å²) in [5, 5.41) is 22.2. The summed E-state index contributed by atoms with van der Waals surface area (Å²) in [6.07, 6.45) is -1.16. The molecule has 19 heteroatoms. The standard InChI is InChI=1S/C55H88N8O11/c1-16-34(8)47(42(72-14)29-43(64)63-28-20-23-41(63)49(73-15)35(9)50(66)57-36(10)48(65)39-21-18-17-19-22-39)61(12)54(70)45(32(4)5)60-53(69)46(33(6)7)62(13)55(71)74-30-38-24-26-40(27-25-38)59-51(67)37(11)58-52(68)44(56)31(2)3/h17-19,21-22,24-27,31-37,41-42,44-49,65H,16,20,23,28-30,56H2,1-15H3,(H,57,66)(H,58,68)(H,59,67)(H,60,69)/t34-,35+,36+,37-,41?,42+,44-,45-,46-,47-,48+,49+/m0/s1. The average Bonchev–Trinajstić information content (AvgIpc) is 3.86. The van der Waals surface area contributed by atoms with Crippen LogP contribution in [-0.4, -0.2) is 151 Å². The van der Waals surface area contributed by atoms with E-state index in [1.807, 2.05) is 59.7 Å². The van der Waals surface area contributed by atoms with E-state index in [1.54, 1.807) is 87.9 Å². The van der Waals surface area contributed by atoms with Gasteiger partial charge in [0, 0.05) is 40.5 Å². The lowest BCUT2D eigenvalue weighted by Crippen LogP contribution is -2.60. The molecule has 1 aliphatic heterocycles. The van der Waals surface area contributed by atoms with Crippen LogP contribution >= 0.6 is 0 Å². The van der Waals surface area contributed by atoms with Crippen LogP contribution < -0.4 is 27.0 Å². The minimum Gasteiger partial charge on any atom is -0.445 e. The number of nitrogens with one attached hydrogen (secondary N) is 4. The third-order valence-corrected chi connectivity index (χ3v) is 14.4.